The molecule has 1 aromatic rings. The van der Waals surface area contributed by atoms with Crippen LogP contribution in [0.25, 0.3) is 0 Å². The minimum absolute atomic E-state index is 0.349. The molecule has 2 nitrogen and oxygen atoms in total. The average Bonchev–Trinajstić information content (AvgIpc) is 2.18. The average molecular weight is 203 g/mol. The highest BCUT2D eigenvalue weighted by Gasteiger charge is 1.93. The van der Waals surface area contributed by atoms with E-state index in [1.807, 2.05) is 43.3 Å². The molecule has 1 N–H and O–H groups in total. The maximum atomic E-state index is 9.04. The summed E-state index contributed by atoms with van der Waals surface area (Å²) >= 11 is 0. The van der Waals surface area contributed by atoms with Crippen molar-refractivity contribution in [3.05, 3.63) is 29.8 Å². The van der Waals surface area contributed by atoms with Gasteiger partial charge in [-0.2, -0.15) is 0 Å². The molecule has 0 aliphatic carbocycles. The number of hydrogen-bond acceptors (Lipinski definition) is 2. The summed E-state index contributed by atoms with van der Waals surface area (Å²) in [6.45, 7) is 1.74. The highest BCUT2D eigenvalue weighted by molar-refractivity contribution is 5.49. The number of hydrogen-bond donors (Lipinski definition) is 1. The van der Waals surface area contributed by atoms with Gasteiger partial charge in [-0.25, -0.2) is 0 Å². The van der Waals surface area contributed by atoms with Crippen LogP contribution in [-0.4, -0.2) is 25.3 Å². The molecule has 1 aromatic carbocycles. The van der Waals surface area contributed by atoms with E-state index in [-0.39, 0.29) is 6.10 Å². The Kier molecular flexibility index (Phi) is 4.20. The number of rotatable bonds is 2. The summed E-state index contributed by atoms with van der Waals surface area (Å²) in [5.74, 6) is 5.95. The van der Waals surface area contributed by atoms with Crippen molar-refractivity contribution in [2.45, 2.75) is 19.4 Å². The van der Waals surface area contributed by atoms with Gasteiger partial charge in [-0.1, -0.05) is 11.8 Å². The summed E-state index contributed by atoms with van der Waals surface area (Å²) < 4.78 is 0. The van der Waals surface area contributed by atoms with Crippen molar-refractivity contribution in [1.82, 2.24) is 0 Å². The van der Waals surface area contributed by atoms with E-state index in [2.05, 4.69) is 11.8 Å². The Labute approximate surface area is 91.5 Å². The lowest BCUT2D eigenvalue weighted by Gasteiger charge is -2.11. The second kappa shape index (κ2) is 5.43. The van der Waals surface area contributed by atoms with E-state index in [0.29, 0.717) is 6.42 Å². The third-order valence-electron chi connectivity index (χ3n) is 2.01. The molecule has 1 rings (SSSR count). The second-order valence-corrected chi connectivity index (χ2v) is 3.80. The Hall–Kier alpha value is -1.46. The molecule has 0 saturated heterocycles. The van der Waals surface area contributed by atoms with E-state index in [4.69, 9.17) is 5.11 Å². The lowest BCUT2D eigenvalue weighted by atomic mass is 10.2. The van der Waals surface area contributed by atoms with Crippen LogP contribution in [-0.2, 0) is 0 Å². The molecule has 0 amide bonds. The van der Waals surface area contributed by atoms with E-state index < -0.39 is 0 Å². The first kappa shape index (κ1) is 11.6. The lowest BCUT2D eigenvalue weighted by molar-refractivity contribution is 0.201. The highest BCUT2D eigenvalue weighted by Crippen LogP contribution is 2.11. The largest absolute Gasteiger partial charge is 0.392 e. The first-order valence-electron chi connectivity index (χ1n) is 5.04. The summed E-state index contributed by atoms with van der Waals surface area (Å²) in [4.78, 5) is 2.05. The van der Waals surface area contributed by atoms with Crippen molar-refractivity contribution in [2.24, 2.45) is 0 Å². The molecule has 0 spiro atoms. The molecule has 1 atom stereocenters. The molecule has 0 aromatic heterocycles. The Balaban J connectivity index is 2.67. The van der Waals surface area contributed by atoms with Crippen LogP contribution in [0.5, 0.6) is 0 Å². The molecular weight excluding hydrogens is 186 g/mol. The van der Waals surface area contributed by atoms with Crippen molar-refractivity contribution in [3.63, 3.8) is 0 Å². The van der Waals surface area contributed by atoms with E-state index >= 15 is 0 Å². The van der Waals surface area contributed by atoms with Crippen LogP contribution in [0.3, 0.4) is 0 Å². The molecule has 0 aliphatic rings. The Bertz CT molecular complexity index is 354. The summed E-state index contributed by atoms with van der Waals surface area (Å²) in [5, 5.41) is 9.04. The third-order valence-corrected chi connectivity index (χ3v) is 2.01. The second-order valence-electron chi connectivity index (χ2n) is 3.80. The smallest absolute Gasteiger partial charge is 0.0621 e. The SMILES string of the molecule is CC(O)CC#Cc1ccc(N(C)C)cc1. The van der Waals surface area contributed by atoms with Crippen molar-refractivity contribution in [2.75, 3.05) is 19.0 Å². The summed E-state index contributed by atoms with van der Waals surface area (Å²) in [6, 6.07) is 8.05. The van der Waals surface area contributed by atoms with Crippen LogP contribution < -0.4 is 4.90 Å². The molecule has 0 bridgehead atoms. The van der Waals surface area contributed by atoms with Gasteiger partial charge in [0.15, 0.2) is 0 Å². The summed E-state index contributed by atoms with van der Waals surface area (Å²) in [5.41, 5.74) is 2.15. The molecular formula is C13H17NO. The van der Waals surface area contributed by atoms with Gasteiger partial charge in [0.25, 0.3) is 0 Å². The first-order valence-corrected chi connectivity index (χ1v) is 5.04. The predicted molar refractivity (Wildman–Crippen MR) is 63.9 cm³/mol. The van der Waals surface area contributed by atoms with E-state index in [1.165, 1.54) is 0 Å². The zero-order valence-corrected chi connectivity index (χ0v) is 9.49. The van der Waals surface area contributed by atoms with Crippen molar-refractivity contribution < 1.29 is 5.11 Å². The fraction of sp³-hybridized carbons (Fsp3) is 0.385. The van der Waals surface area contributed by atoms with Crippen LogP contribution >= 0.6 is 0 Å². The maximum Gasteiger partial charge on any atom is 0.0621 e. The van der Waals surface area contributed by atoms with Gasteiger partial charge in [0, 0.05) is 31.8 Å². The van der Waals surface area contributed by atoms with Gasteiger partial charge in [0.2, 0.25) is 0 Å². The quantitative estimate of drug-likeness (QED) is 0.742. The Morgan fingerprint density at radius 2 is 1.87 bits per heavy atom. The van der Waals surface area contributed by atoms with E-state index in [0.717, 1.165) is 11.3 Å². The Morgan fingerprint density at radius 1 is 1.27 bits per heavy atom. The predicted octanol–water partition coefficient (Wildman–Crippen LogP) is 1.88. The van der Waals surface area contributed by atoms with Crippen molar-refractivity contribution in [1.29, 1.82) is 0 Å². The molecule has 0 fully saturated rings. The highest BCUT2D eigenvalue weighted by atomic mass is 16.3. The van der Waals surface area contributed by atoms with Gasteiger partial charge in [-0.3, -0.25) is 0 Å². The number of benzene rings is 1. The van der Waals surface area contributed by atoms with Gasteiger partial charge < -0.3 is 10.0 Å². The van der Waals surface area contributed by atoms with Gasteiger partial charge >= 0.3 is 0 Å². The van der Waals surface area contributed by atoms with E-state index in [9.17, 15) is 0 Å². The fourth-order valence-corrected chi connectivity index (χ4v) is 1.14. The number of anilines is 1. The minimum Gasteiger partial charge on any atom is -0.392 e. The van der Waals surface area contributed by atoms with Gasteiger partial charge in [0.1, 0.15) is 0 Å². The van der Waals surface area contributed by atoms with Crippen LogP contribution in [0.1, 0.15) is 18.9 Å². The molecule has 1 unspecified atom stereocenters. The van der Waals surface area contributed by atoms with Crippen molar-refractivity contribution >= 4 is 5.69 Å². The third kappa shape index (κ3) is 4.05. The summed E-state index contributed by atoms with van der Waals surface area (Å²) in [6.07, 6.45) is 0.175. The molecule has 0 aliphatic heterocycles. The van der Waals surface area contributed by atoms with Crippen molar-refractivity contribution in [3.8, 4) is 11.8 Å². The molecule has 2 heteroatoms. The minimum atomic E-state index is -0.349. The maximum absolute atomic E-state index is 9.04. The fourth-order valence-electron chi connectivity index (χ4n) is 1.14. The molecule has 0 radical (unpaired) electrons. The van der Waals surface area contributed by atoms with E-state index in [1.54, 1.807) is 6.92 Å². The van der Waals surface area contributed by atoms with Crippen LogP contribution in [0.2, 0.25) is 0 Å². The number of nitrogens with zero attached hydrogens (tertiary/aromatic N) is 1. The standard InChI is InChI=1S/C13H17NO/c1-11(15)5-4-6-12-7-9-13(10-8-12)14(2)3/h7-11,15H,5H2,1-3H3. The topological polar surface area (TPSA) is 23.5 Å². The van der Waals surface area contributed by atoms with Gasteiger partial charge in [-0.05, 0) is 31.2 Å². The zero-order chi connectivity index (χ0) is 11.3. The number of aliphatic hydroxyl groups is 1. The normalized spacial score (nSPS) is 11.5. The van der Waals surface area contributed by atoms with Crippen LogP contribution in [0.15, 0.2) is 24.3 Å². The van der Waals surface area contributed by atoms with Crippen LogP contribution in [0.4, 0.5) is 5.69 Å². The number of aliphatic hydroxyl groups excluding tert-OH is 1. The molecule has 80 valence electrons. The Morgan fingerprint density at radius 3 is 2.33 bits per heavy atom. The molecule has 15 heavy (non-hydrogen) atoms. The lowest BCUT2D eigenvalue weighted by Crippen LogP contribution is -2.07. The van der Waals surface area contributed by atoms with Gasteiger partial charge in [0.05, 0.1) is 6.10 Å². The summed E-state index contributed by atoms with van der Waals surface area (Å²) in [7, 11) is 4.02. The molecule has 0 saturated carbocycles. The zero-order valence-electron chi connectivity index (χ0n) is 9.49. The molecule has 0 heterocycles. The van der Waals surface area contributed by atoms with Gasteiger partial charge in [-0.15, -0.1) is 0 Å². The van der Waals surface area contributed by atoms with Crippen LogP contribution in [0, 0.1) is 11.8 Å². The monoisotopic (exact) mass is 203 g/mol. The first-order chi connectivity index (χ1) is 7.09.